The van der Waals surface area contributed by atoms with Crippen LogP contribution in [0.2, 0.25) is 5.22 Å². The normalized spacial score (nSPS) is 17.5. The van der Waals surface area contributed by atoms with Gasteiger partial charge in [-0.1, -0.05) is 0 Å². The molecule has 1 aliphatic rings. The monoisotopic (exact) mass is 228 g/mol. The number of nitrogens with two attached hydrogens (primary N) is 1. The van der Waals surface area contributed by atoms with Crippen LogP contribution in [0.3, 0.4) is 0 Å². The Morgan fingerprint density at radius 3 is 2.80 bits per heavy atom. The van der Waals surface area contributed by atoms with Crippen molar-refractivity contribution in [3.8, 4) is 0 Å². The topological polar surface area (TPSA) is 42.4 Å². The fourth-order valence-corrected chi connectivity index (χ4v) is 2.23. The lowest BCUT2D eigenvalue weighted by molar-refractivity contribution is 0.330. The molecule has 1 aliphatic heterocycles. The third-order valence-electron chi connectivity index (χ3n) is 2.79. The first-order valence-electron chi connectivity index (χ1n) is 5.49. The molecule has 84 valence electrons. The third-order valence-corrected chi connectivity index (χ3v) is 3.11. The van der Waals surface area contributed by atoms with Crippen molar-refractivity contribution in [1.29, 1.82) is 0 Å². The molecule has 2 rings (SSSR count). The van der Waals surface area contributed by atoms with Gasteiger partial charge in [-0.3, -0.25) is 4.90 Å². The summed E-state index contributed by atoms with van der Waals surface area (Å²) < 4.78 is 5.42. The molecule has 1 aromatic rings. The minimum Gasteiger partial charge on any atom is -0.449 e. The van der Waals surface area contributed by atoms with Crippen LogP contribution in [0.5, 0.6) is 0 Å². The largest absolute Gasteiger partial charge is 0.449 e. The Labute approximate surface area is 95.2 Å². The number of furan rings is 1. The Bertz CT molecular complexity index is 318. The van der Waals surface area contributed by atoms with Crippen molar-refractivity contribution in [2.75, 3.05) is 19.6 Å². The summed E-state index contributed by atoms with van der Waals surface area (Å²) in [4.78, 5) is 2.41. The zero-order valence-electron chi connectivity index (χ0n) is 8.84. The first-order chi connectivity index (χ1) is 7.29. The first kappa shape index (κ1) is 11.0. The number of nitrogens with zero attached hydrogens (tertiary/aromatic N) is 1. The van der Waals surface area contributed by atoms with E-state index in [9.17, 15) is 0 Å². The van der Waals surface area contributed by atoms with Crippen LogP contribution in [-0.2, 0) is 13.0 Å². The van der Waals surface area contributed by atoms with Gasteiger partial charge < -0.3 is 10.2 Å². The lowest BCUT2D eigenvalue weighted by atomic mass is 10.2. The zero-order valence-corrected chi connectivity index (χ0v) is 9.59. The van der Waals surface area contributed by atoms with Crippen molar-refractivity contribution >= 4 is 11.6 Å². The molecule has 15 heavy (non-hydrogen) atoms. The lowest BCUT2D eigenvalue weighted by Crippen LogP contribution is -2.18. The van der Waals surface area contributed by atoms with Crippen molar-refractivity contribution in [3.05, 3.63) is 22.6 Å². The predicted molar refractivity (Wildman–Crippen MR) is 61.0 cm³/mol. The van der Waals surface area contributed by atoms with Gasteiger partial charge in [0.2, 0.25) is 0 Å². The Hall–Kier alpha value is -0.510. The van der Waals surface area contributed by atoms with Crippen LogP contribution >= 0.6 is 11.6 Å². The van der Waals surface area contributed by atoms with E-state index in [4.69, 9.17) is 21.8 Å². The van der Waals surface area contributed by atoms with Crippen molar-refractivity contribution in [1.82, 2.24) is 4.90 Å². The van der Waals surface area contributed by atoms with Gasteiger partial charge in [0.1, 0.15) is 5.76 Å². The summed E-state index contributed by atoms with van der Waals surface area (Å²) in [6.45, 7) is 3.86. The second-order valence-electron chi connectivity index (χ2n) is 4.03. The molecule has 1 saturated heterocycles. The van der Waals surface area contributed by atoms with Gasteiger partial charge >= 0.3 is 0 Å². The maximum Gasteiger partial charge on any atom is 0.197 e. The summed E-state index contributed by atoms with van der Waals surface area (Å²) in [5, 5.41) is 0.533. The molecule has 0 aromatic carbocycles. The molecule has 0 radical (unpaired) electrons. The molecule has 0 spiro atoms. The number of likely N-dealkylation sites (tertiary alicyclic amines) is 1. The summed E-state index contributed by atoms with van der Waals surface area (Å²) in [7, 11) is 0. The molecule has 1 fully saturated rings. The fraction of sp³-hybridized carbons (Fsp3) is 0.636. The Morgan fingerprint density at radius 2 is 2.13 bits per heavy atom. The number of hydrogen-bond acceptors (Lipinski definition) is 3. The molecular formula is C11H17ClN2O. The highest BCUT2D eigenvalue weighted by Gasteiger charge is 2.16. The highest BCUT2D eigenvalue weighted by atomic mass is 35.5. The van der Waals surface area contributed by atoms with E-state index in [2.05, 4.69) is 4.90 Å². The second kappa shape index (κ2) is 5.01. The molecule has 0 aliphatic carbocycles. The summed E-state index contributed by atoms with van der Waals surface area (Å²) in [6, 6.07) is 2.04. The van der Waals surface area contributed by atoms with Gasteiger partial charge in [-0.25, -0.2) is 0 Å². The molecule has 2 heterocycles. The SMILES string of the molecule is NCCc1cc(CN2CCCC2)c(Cl)o1. The van der Waals surface area contributed by atoms with Gasteiger partial charge in [0.25, 0.3) is 0 Å². The molecular weight excluding hydrogens is 212 g/mol. The molecule has 2 N–H and O–H groups in total. The van der Waals surface area contributed by atoms with E-state index in [1.165, 1.54) is 25.9 Å². The first-order valence-corrected chi connectivity index (χ1v) is 5.87. The molecule has 0 amide bonds. The summed E-state index contributed by atoms with van der Waals surface area (Å²) >= 11 is 6.02. The molecule has 0 saturated carbocycles. The Kier molecular flexibility index (Phi) is 3.67. The third kappa shape index (κ3) is 2.74. The molecule has 3 nitrogen and oxygen atoms in total. The lowest BCUT2D eigenvalue weighted by Gasteiger charge is -2.12. The van der Waals surface area contributed by atoms with Gasteiger partial charge in [-0.2, -0.15) is 0 Å². The Morgan fingerprint density at radius 1 is 1.40 bits per heavy atom. The van der Waals surface area contributed by atoms with Gasteiger partial charge in [0.05, 0.1) is 0 Å². The van der Waals surface area contributed by atoms with Crippen LogP contribution in [0.25, 0.3) is 0 Å². The van der Waals surface area contributed by atoms with Gasteiger partial charge in [-0.05, 0) is 50.1 Å². The van der Waals surface area contributed by atoms with E-state index in [0.717, 1.165) is 24.3 Å². The van der Waals surface area contributed by atoms with Crippen LogP contribution in [-0.4, -0.2) is 24.5 Å². The van der Waals surface area contributed by atoms with Crippen LogP contribution in [0.4, 0.5) is 0 Å². The van der Waals surface area contributed by atoms with E-state index >= 15 is 0 Å². The number of halogens is 1. The Balaban J connectivity index is 2.00. The number of rotatable bonds is 4. The van der Waals surface area contributed by atoms with E-state index in [1.54, 1.807) is 0 Å². The highest BCUT2D eigenvalue weighted by Crippen LogP contribution is 2.24. The van der Waals surface area contributed by atoms with E-state index in [1.807, 2.05) is 6.07 Å². The fourth-order valence-electron chi connectivity index (χ4n) is 2.02. The predicted octanol–water partition coefficient (Wildman–Crippen LogP) is 2.03. The van der Waals surface area contributed by atoms with Crippen LogP contribution in [0.1, 0.15) is 24.2 Å². The van der Waals surface area contributed by atoms with E-state index in [0.29, 0.717) is 11.8 Å². The molecule has 0 bridgehead atoms. The van der Waals surface area contributed by atoms with Gasteiger partial charge in [-0.15, -0.1) is 0 Å². The average Bonchev–Trinajstić information content (AvgIpc) is 2.79. The smallest absolute Gasteiger partial charge is 0.197 e. The maximum absolute atomic E-state index is 6.02. The van der Waals surface area contributed by atoms with Crippen molar-refractivity contribution < 1.29 is 4.42 Å². The maximum atomic E-state index is 6.02. The quantitative estimate of drug-likeness (QED) is 0.858. The second-order valence-corrected chi connectivity index (χ2v) is 4.38. The average molecular weight is 229 g/mol. The van der Waals surface area contributed by atoms with Gasteiger partial charge in [0, 0.05) is 18.5 Å². The van der Waals surface area contributed by atoms with Crippen molar-refractivity contribution in [3.63, 3.8) is 0 Å². The number of hydrogen-bond donors (Lipinski definition) is 1. The van der Waals surface area contributed by atoms with E-state index < -0.39 is 0 Å². The molecule has 4 heteroatoms. The molecule has 1 aromatic heterocycles. The van der Waals surface area contributed by atoms with Crippen molar-refractivity contribution in [2.24, 2.45) is 5.73 Å². The van der Waals surface area contributed by atoms with Crippen LogP contribution < -0.4 is 5.73 Å². The van der Waals surface area contributed by atoms with Crippen molar-refractivity contribution in [2.45, 2.75) is 25.8 Å². The summed E-state index contributed by atoms with van der Waals surface area (Å²) in [5.41, 5.74) is 6.57. The minimum atomic E-state index is 0.533. The standard InChI is InChI=1S/C11H17ClN2O/c12-11-9(7-10(15-11)3-4-13)8-14-5-1-2-6-14/h7H,1-6,8,13H2. The summed E-state index contributed by atoms with van der Waals surface area (Å²) in [5.74, 6) is 0.900. The van der Waals surface area contributed by atoms with Gasteiger partial charge in [0.15, 0.2) is 5.22 Å². The minimum absolute atomic E-state index is 0.533. The van der Waals surface area contributed by atoms with E-state index in [-0.39, 0.29) is 0 Å². The van der Waals surface area contributed by atoms with Crippen LogP contribution in [0, 0.1) is 0 Å². The summed E-state index contributed by atoms with van der Waals surface area (Å²) in [6.07, 6.45) is 3.36. The molecule has 0 atom stereocenters. The van der Waals surface area contributed by atoms with Crippen LogP contribution in [0.15, 0.2) is 10.5 Å². The zero-order chi connectivity index (χ0) is 10.7. The molecule has 0 unspecified atom stereocenters. The highest BCUT2D eigenvalue weighted by molar-refractivity contribution is 6.29.